The highest BCUT2D eigenvalue weighted by Crippen LogP contribution is 2.39. The van der Waals surface area contributed by atoms with E-state index in [0.29, 0.717) is 45.9 Å². The molecule has 36 heavy (non-hydrogen) atoms. The van der Waals surface area contributed by atoms with Gasteiger partial charge in [0.1, 0.15) is 11.5 Å². The lowest BCUT2D eigenvalue weighted by Gasteiger charge is -2.37. The van der Waals surface area contributed by atoms with E-state index >= 15 is 0 Å². The lowest BCUT2D eigenvalue weighted by molar-refractivity contribution is -0.143. The standard InChI is InChI=1S/C21H14F6N6O2S/c22-20(23,24)15-5-10(1-3-28-15)31-19(35)13-6-30-33(17(13)21(25,26)27)14-7-29-18(32-8-11(34)9-32)16-12(14)2-4-36-16/h1-7,11,34H,8-9H2,(H,28,31,35). The smallest absolute Gasteiger partial charge is 0.389 e. The summed E-state index contributed by atoms with van der Waals surface area (Å²) >= 11 is 1.25. The van der Waals surface area contributed by atoms with Crippen molar-refractivity contribution in [3.63, 3.8) is 0 Å². The normalized spacial score (nSPS) is 14.8. The third kappa shape index (κ3) is 4.24. The molecule has 8 nitrogen and oxygen atoms in total. The number of thiophene rings is 1. The molecule has 0 spiro atoms. The molecule has 4 aromatic heterocycles. The molecule has 0 aromatic carbocycles. The monoisotopic (exact) mass is 528 g/mol. The highest BCUT2D eigenvalue weighted by Gasteiger charge is 2.41. The fourth-order valence-corrected chi connectivity index (χ4v) is 4.72. The molecule has 1 aliphatic rings. The summed E-state index contributed by atoms with van der Waals surface area (Å²) in [5.41, 5.74) is -4.03. The van der Waals surface area contributed by atoms with Crippen molar-refractivity contribution < 1.29 is 36.2 Å². The van der Waals surface area contributed by atoms with Gasteiger partial charge in [-0.1, -0.05) is 0 Å². The number of nitrogens with one attached hydrogen (secondary N) is 1. The van der Waals surface area contributed by atoms with Gasteiger partial charge in [-0.2, -0.15) is 31.4 Å². The summed E-state index contributed by atoms with van der Waals surface area (Å²) in [5.74, 6) is -0.792. The Morgan fingerprint density at radius 2 is 1.83 bits per heavy atom. The topological polar surface area (TPSA) is 96.2 Å². The van der Waals surface area contributed by atoms with E-state index in [9.17, 15) is 36.2 Å². The fourth-order valence-electron chi connectivity index (χ4n) is 3.79. The first-order valence-electron chi connectivity index (χ1n) is 10.2. The molecule has 4 aromatic rings. The molecule has 1 aliphatic heterocycles. The molecule has 1 amide bonds. The first-order valence-corrected chi connectivity index (χ1v) is 11.1. The highest BCUT2D eigenvalue weighted by atomic mass is 32.1. The minimum atomic E-state index is -5.04. The molecular weight excluding hydrogens is 514 g/mol. The lowest BCUT2D eigenvalue weighted by Crippen LogP contribution is -2.51. The van der Waals surface area contributed by atoms with Crippen molar-refractivity contribution in [2.75, 3.05) is 23.3 Å². The molecule has 188 valence electrons. The van der Waals surface area contributed by atoms with Crippen molar-refractivity contribution in [3.05, 3.63) is 59.1 Å². The summed E-state index contributed by atoms with van der Waals surface area (Å²) in [6.45, 7) is 0.675. The largest absolute Gasteiger partial charge is 0.434 e. The number of amides is 1. The van der Waals surface area contributed by atoms with Gasteiger partial charge in [0, 0.05) is 30.4 Å². The van der Waals surface area contributed by atoms with Crippen LogP contribution in [0.3, 0.4) is 0 Å². The molecule has 0 unspecified atom stereocenters. The number of nitrogens with zero attached hydrogens (tertiary/aromatic N) is 5. The van der Waals surface area contributed by atoms with E-state index in [4.69, 9.17) is 0 Å². The van der Waals surface area contributed by atoms with E-state index < -0.39 is 41.3 Å². The molecule has 0 radical (unpaired) electrons. The maximum absolute atomic E-state index is 14.1. The molecule has 15 heteroatoms. The van der Waals surface area contributed by atoms with Gasteiger partial charge in [-0.05, 0) is 23.6 Å². The van der Waals surface area contributed by atoms with Crippen molar-refractivity contribution in [3.8, 4) is 5.69 Å². The van der Waals surface area contributed by atoms with Gasteiger partial charge in [-0.3, -0.25) is 9.78 Å². The Hall–Kier alpha value is -3.72. The number of aromatic nitrogens is 4. The summed E-state index contributed by atoms with van der Waals surface area (Å²) in [5, 5.41) is 17.5. The van der Waals surface area contributed by atoms with E-state index in [2.05, 4.69) is 15.1 Å². The third-order valence-corrected chi connectivity index (χ3v) is 6.34. The Morgan fingerprint density at radius 1 is 1.08 bits per heavy atom. The number of β-amino-alcohol motifs (C(OH)–C–C–N with tert-alkyl or cyclic N) is 1. The molecule has 5 rings (SSSR count). The SMILES string of the molecule is O=C(Nc1ccnc(C(F)(F)F)c1)c1cnn(-c2cnc(N3CC(O)C3)c3sccc23)c1C(F)(F)F. The Labute approximate surface area is 201 Å². The van der Waals surface area contributed by atoms with Crippen LogP contribution in [0.4, 0.5) is 37.8 Å². The van der Waals surface area contributed by atoms with Gasteiger partial charge in [0.05, 0.1) is 34.4 Å². The maximum atomic E-state index is 14.1. The van der Waals surface area contributed by atoms with E-state index in [0.717, 1.165) is 12.3 Å². The molecule has 0 atom stereocenters. The predicted molar refractivity (Wildman–Crippen MR) is 117 cm³/mol. The van der Waals surface area contributed by atoms with Crippen molar-refractivity contribution in [1.82, 2.24) is 19.7 Å². The van der Waals surface area contributed by atoms with Crippen LogP contribution in [0.5, 0.6) is 0 Å². The molecular formula is C21H14F6N6O2S. The number of rotatable bonds is 4. The highest BCUT2D eigenvalue weighted by molar-refractivity contribution is 7.17. The molecule has 1 saturated heterocycles. The van der Waals surface area contributed by atoms with Crippen LogP contribution in [0.25, 0.3) is 15.8 Å². The number of anilines is 2. The minimum Gasteiger partial charge on any atom is -0.389 e. The zero-order valence-electron chi connectivity index (χ0n) is 17.8. The van der Waals surface area contributed by atoms with Crippen LogP contribution in [0.1, 0.15) is 21.7 Å². The lowest BCUT2D eigenvalue weighted by atomic mass is 10.1. The Balaban J connectivity index is 1.54. The van der Waals surface area contributed by atoms with Crippen molar-refractivity contribution in [2.45, 2.75) is 18.5 Å². The number of fused-ring (bicyclic) bond motifs is 1. The number of aliphatic hydroxyl groups is 1. The summed E-state index contributed by atoms with van der Waals surface area (Å²) in [6, 6.07) is 3.13. The second-order valence-electron chi connectivity index (χ2n) is 7.89. The number of carbonyl (C=O) groups excluding carboxylic acids is 1. The Kier molecular flexibility index (Phi) is 5.63. The predicted octanol–water partition coefficient (Wildman–Crippen LogP) is 4.35. The number of hydrogen-bond donors (Lipinski definition) is 2. The third-order valence-electron chi connectivity index (χ3n) is 5.43. The Bertz CT molecular complexity index is 1460. The number of pyridine rings is 2. The maximum Gasteiger partial charge on any atom is 0.434 e. The van der Waals surface area contributed by atoms with Crippen LogP contribution < -0.4 is 10.2 Å². The number of alkyl halides is 6. The van der Waals surface area contributed by atoms with Gasteiger partial charge in [0.15, 0.2) is 5.69 Å². The number of hydrogen-bond acceptors (Lipinski definition) is 7. The van der Waals surface area contributed by atoms with E-state index in [1.165, 1.54) is 17.5 Å². The summed E-state index contributed by atoms with van der Waals surface area (Å²) in [4.78, 5) is 21.9. The first kappa shape index (κ1) is 24.0. The second-order valence-corrected chi connectivity index (χ2v) is 8.80. The van der Waals surface area contributed by atoms with Crippen molar-refractivity contribution in [1.29, 1.82) is 0 Å². The van der Waals surface area contributed by atoms with Gasteiger partial charge in [-0.15, -0.1) is 11.3 Å². The molecule has 5 heterocycles. The van der Waals surface area contributed by atoms with Gasteiger partial charge in [-0.25, -0.2) is 9.67 Å². The summed E-state index contributed by atoms with van der Waals surface area (Å²) in [7, 11) is 0. The minimum absolute atomic E-state index is 0.0364. The second kappa shape index (κ2) is 8.44. The zero-order valence-corrected chi connectivity index (χ0v) is 18.6. The molecule has 2 N–H and O–H groups in total. The number of halogens is 6. The quantitative estimate of drug-likeness (QED) is 0.383. The van der Waals surface area contributed by atoms with Gasteiger partial charge < -0.3 is 15.3 Å². The molecule has 1 fully saturated rings. The summed E-state index contributed by atoms with van der Waals surface area (Å²) in [6.07, 6.45) is -7.69. The van der Waals surface area contributed by atoms with Crippen molar-refractivity contribution in [2.24, 2.45) is 0 Å². The van der Waals surface area contributed by atoms with Gasteiger partial charge >= 0.3 is 12.4 Å². The van der Waals surface area contributed by atoms with Crippen LogP contribution in [0.2, 0.25) is 0 Å². The summed E-state index contributed by atoms with van der Waals surface area (Å²) < 4.78 is 82.2. The first-order chi connectivity index (χ1) is 16.9. The van der Waals surface area contributed by atoms with Crippen LogP contribution in [-0.2, 0) is 12.4 Å². The van der Waals surface area contributed by atoms with E-state index in [1.807, 2.05) is 5.32 Å². The van der Waals surface area contributed by atoms with E-state index in [1.54, 1.807) is 16.3 Å². The molecule has 0 aliphatic carbocycles. The van der Waals surface area contributed by atoms with Crippen LogP contribution in [-0.4, -0.2) is 50.0 Å². The van der Waals surface area contributed by atoms with Gasteiger partial charge in [0.25, 0.3) is 5.91 Å². The average molecular weight is 528 g/mol. The fraction of sp³-hybridized carbons (Fsp3) is 0.238. The number of aliphatic hydroxyl groups excluding tert-OH is 1. The van der Waals surface area contributed by atoms with Crippen molar-refractivity contribution >= 4 is 38.8 Å². The van der Waals surface area contributed by atoms with Crippen LogP contribution >= 0.6 is 11.3 Å². The Morgan fingerprint density at radius 3 is 2.50 bits per heavy atom. The van der Waals surface area contributed by atoms with Gasteiger partial charge in [0.2, 0.25) is 0 Å². The average Bonchev–Trinajstić information content (AvgIpc) is 3.44. The van der Waals surface area contributed by atoms with Crippen LogP contribution in [0, 0.1) is 0 Å². The molecule has 0 bridgehead atoms. The van der Waals surface area contributed by atoms with E-state index in [-0.39, 0.29) is 11.4 Å². The van der Waals surface area contributed by atoms with Crippen LogP contribution in [0.15, 0.2) is 42.2 Å². The molecule has 0 saturated carbocycles. The number of carbonyl (C=O) groups is 1. The zero-order chi connectivity index (χ0) is 25.8.